The zero-order chi connectivity index (χ0) is 14.3. The molecule has 0 fully saturated rings. The van der Waals surface area contributed by atoms with Crippen LogP contribution in [0, 0.1) is 6.92 Å². The number of fused-ring (bicyclic) bond motifs is 1. The molecule has 0 aliphatic heterocycles. The number of anilines is 1. The van der Waals surface area contributed by atoms with Crippen molar-refractivity contribution in [2.75, 3.05) is 11.9 Å². The number of nitrogens with zero attached hydrogens (tertiary/aromatic N) is 3. The van der Waals surface area contributed by atoms with Crippen molar-refractivity contribution < 1.29 is 0 Å². The minimum atomic E-state index is -0.410. The van der Waals surface area contributed by atoms with Gasteiger partial charge >= 0.3 is 0 Å². The van der Waals surface area contributed by atoms with Crippen molar-refractivity contribution in [2.45, 2.75) is 13.5 Å². The predicted molar refractivity (Wildman–Crippen MR) is 77.7 cm³/mol. The van der Waals surface area contributed by atoms with E-state index in [1.807, 2.05) is 12.1 Å². The van der Waals surface area contributed by atoms with Crippen LogP contribution in [-0.2, 0) is 6.54 Å². The third-order valence-corrected chi connectivity index (χ3v) is 3.53. The van der Waals surface area contributed by atoms with Crippen LogP contribution in [0.4, 0.5) is 5.69 Å². The topological polar surface area (TPSA) is 63.2 Å². The highest BCUT2D eigenvalue weighted by Gasteiger charge is 2.20. The molecule has 0 unspecified atom stereocenters. The van der Waals surface area contributed by atoms with Crippen LogP contribution in [0.25, 0.3) is 10.8 Å². The average molecular weight is 267 g/mol. The van der Waals surface area contributed by atoms with Crippen molar-refractivity contribution >= 4 is 16.5 Å². The monoisotopic (exact) mass is 267 g/mol. The zero-order valence-electron chi connectivity index (χ0n) is 11.3. The number of rotatable bonds is 3. The van der Waals surface area contributed by atoms with Crippen LogP contribution in [0.1, 0.15) is 11.3 Å². The summed E-state index contributed by atoms with van der Waals surface area (Å²) in [4.78, 5) is 33.1. The number of hydrogen-bond acceptors (Lipinski definition) is 5. The van der Waals surface area contributed by atoms with E-state index >= 15 is 0 Å². The lowest BCUT2D eigenvalue weighted by Gasteiger charge is -2.22. The summed E-state index contributed by atoms with van der Waals surface area (Å²) in [6.45, 7) is 2.16. The van der Waals surface area contributed by atoms with Gasteiger partial charge in [-0.1, -0.05) is 0 Å². The molecule has 0 atom stereocenters. The summed E-state index contributed by atoms with van der Waals surface area (Å²) in [5.41, 5.74) is 1.08. The summed E-state index contributed by atoms with van der Waals surface area (Å²) >= 11 is 0. The molecule has 0 saturated heterocycles. The molecule has 2 aromatic heterocycles. The van der Waals surface area contributed by atoms with Crippen LogP contribution < -0.4 is 15.8 Å². The van der Waals surface area contributed by atoms with Gasteiger partial charge in [0.1, 0.15) is 0 Å². The van der Waals surface area contributed by atoms with Crippen molar-refractivity contribution in [2.24, 2.45) is 0 Å². The van der Waals surface area contributed by atoms with Crippen molar-refractivity contribution in [3.8, 4) is 0 Å². The Bertz CT molecular complexity index is 858. The molecule has 0 aliphatic carbocycles. The van der Waals surface area contributed by atoms with E-state index in [1.165, 1.54) is 0 Å². The van der Waals surface area contributed by atoms with Crippen LogP contribution in [0.15, 0.2) is 40.3 Å². The second kappa shape index (κ2) is 4.52. The molecule has 0 bridgehead atoms. The highest BCUT2D eigenvalue weighted by Crippen LogP contribution is 2.19. The summed E-state index contributed by atoms with van der Waals surface area (Å²) in [7, 11) is 1.80. The normalized spacial score (nSPS) is 11.1. The molecule has 0 radical (unpaired) electrons. The lowest BCUT2D eigenvalue weighted by molar-refractivity contribution is 0.875. The minimum Gasteiger partial charge on any atom is -0.365 e. The Kier molecular flexibility index (Phi) is 2.82. The molecule has 0 N–H and O–H groups in total. The SMILES string of the molecule is Cc1c(N(C)Cc2nccc3cnccc23)c(=O)c1=O. The summed E-state index contributed by atoms with van der Waals surface area (Å²) in [6, 6.07) is 3.80. The third kappa shape index (κ3) is 1.79. The van der Waals surface area contributed by atoms with Gasteiger partial charge in [-0.25, -0.2) is 0 Å². The first-order chi connectivity index (χ1) is 9.59. The first kappa shape index (κ1) is 12.5. The molecule has 20 heavy (non-hydrogen) atoms. The fourth-order valence-electron chi connectivity index (χ4n) is 2.46. The van der Waals surface area contributed by atoms with E-state index in [2.05, 4.69) is 9.97 Å². The van der Waals surface area contributed by atoms with Gasteiger partial charge in [0.05, 0.1) is 17.9 Å². The Labute approximate surface area is 115 Å². The van der Waals surface area contributed by atoms with Gasteiger partial charge in [-0.3, -0.25) is 19.6 Å². The molecule has 0 saturated carbocycles. The molecule has 0 amide bonds. The van der Waals surface area contributed by atoms with Gasteiger partial charge in [0, 0.05) is 42.0 Å². The molecule has 5 heteroatoms. The molecular weight excluding hydrogens is 254 g/mol. The lowest BCUT2D eigenvalue weighted by atomic mass is 10.1. The highest BCUT2D eigenvalue weighted by atomic mass is 16.2. The van der Waals surface area contributed by atoms with Crippen LogP contribution in [-0.4, -0.2) is 17.0 Å². The van der Waals surface area contributed by atoms with Crippen molar-refractivity contribution in [3.63, 3.8) is 0 Å². The van der Waals surface area contributed by atoms with E-state index in [0.717, 1.165) is 16.5 Å². The molecule has 100 valence electrons. The molecule has 2 heterocycles. The number of aromatic nitrogens is 2. The minimum absolute atomic E-state index is 0.387. The summed E-state index contributed by atoms with van der Waals surface area (Å²) < 4.78 is 0. The van der Waals surface area contributed by atoms with E-state index in [9.17, 15) is 9.59 Å². The van der Waals surface area contributed by atoms with Gasteiger partial charge in [0.2, 0.25) is 10.9 Å². The Morgan fingerprint density at radius 2 is 1.95 bits per heavy atom. The van der Waals surface area contributed by atoms with Crippen LogP contribution in [0.5, 0.6) is 0 Å². The lowest BCUT2D eigenvalue weighted by Crippen LogP contribution is -2.40. The maximum Gasteiger partial charge on any atom is 0.249 e. The van der Waals surface area contributed by atoms with Gasteiger partial charge in [0.25, 0.3) is 0 Å². The largest absolute Gasteiger partial charge is 0.365 e. The van der Waals surface area contributed by atoms with Gasteiger partial charge in [-0.05, 0) is 19.1 Å². The highest BCUT2D eigenvalue weighted by molar-refractivity contribution is 5.83. The second-order valence-corrected chi connectivity index (χ2v) is 4.84. The Balaban J connectivity index is 1.98. The van der Waals surface area contributed by atoms with Crippen LogP contribution >= 0.6 is 0 Å². The van der Waals surface area contributed by atoms with Crippen molar-refractivity contribution in [1.82, 2.24) is 9.97 Å². The smallest absolute Gasteiger partial charge is 0.249 e. The second-order valence-electron chi connectivity index (χ2n) is 4.84. The zero-order valence-corrected chi connectivity index (χ0v) is 11.3. The Morgan fingerprint density at radius 1 is 1.15 bits per heavy atom. The van der Waals surface area contributed by atoms with Gasteiger partial charge in [-0.2, -0.15) is 0 Å². The molecule has 3 aromatic rings. The molecule has 5 nitrogen and oxygen atoms in total. The molecule has 0 aliphatic rings. The Hall–Kier alpha value is -2.56. The van der Waals surface area contributed by atoms with Crippen LogP contribution in [0.3, 0.4) is 0 Å². The maximum atomic E-state index is 11.6. The van der Waals surface area contributed by atoms with Gasteiger partial charge in [-0.15, -0.1) is 0 Å². The average Bonchev–Trinajstić information content (AvgIpc) is 2.47. The van der Waals surface area contributed by atoms with E-state index < -0.39 is 5.43 Å². The first-order valence-corrected chi connectivity index (χ1v) is 6.28. The summed E-state index contributed by atoms with van der Waals surface area (Å²) in [6.07, 6.45) is 5.22. The molecule has 3 rings (SSSR count). The van der Waals surface area contributed by atoms with E-state index in [-0.39, 0.29) is 5.43 Å². The first-order valence-electron chi connectivity index (χ1n) is 6.28. The number of pyridine rings is 2. The maximum absolute atomic E-state index is 11.6. The Morgan fingerprint density at radius 3 is 2.70 bits per heavy atom. The molecular formula is C15H13N3O2. The predicted octanol–water partition coefficient (Wildman–Crippen LogP) is 1.17. The van der Waals surface area contributed by atoms with Crippen molar-refractivity contribution in [3.05, 3.63) is 62.4 Å². The van der Waals surface area contributed by atoms with Gasteiger partial charge in [0.15, 0.2) is 0 Å². The number of hydrogen-bond donors (Lipinski definition) is 0. The quantitative estimate of drug-likeness (QED) is 0.667. The summed E-state index contributed by atoms with van der Waals surface area (Å²) in [5.74, 6) is 0. The summed E-state index contributed by atoms with van der Waals surface area (Å²) in [5, 5.41) is 2.01. The molecule has 1 aromatic carbocycles. The van der Waals surface area contributed by atoms with E-state index in [4.69, 9.17) is 0 Å². The fourth-order valence-corrected chi connectivity index (χ4v) is 2.46. The third-order valence-electron chi connectivity index (χ3n) is 3.53. The van der Waals surface area contributed by atoms with Crippen LogP contribution in [0.2, 0.25) is 0 Å². The van der Waals surface area contributed by atoms with E-state index in [0.29, 0.717) is 17.8 Å². The van der Waals surface area contributed by atoms with E-state index in [1.54, 1.807) is 37.5 Å². The van der Waals surface area contributed by atoms with Crippen molar-refractivity contribution in [1.29, 1.82) is 0 Å². The standard InChI is InChI=1S/C15H13N3O2/c1-9-13(15(20)14(9)19)18(2)8-12-11-4-5-16-7-10(11)3-6-17-12/h3-7H,8H2,1-2H3. The van der Waals surface area contributed by atoms with Gasteiger partial charge < -0.3 is 4.90 Å². The fraction of sp³-hybridized carbons (Fsp3) is 0.200. The molecule has 0 spiro atoms.